The van der Waals surface area contributed by atoms with Crippen LogP contribution in [0.4, 0.5) is 13.2 Å². The van der Waals surface area contributed by atoms with Crippen molar-refractivity contribution in [2.24, 2.45) is 5.92 Å². The van der Waals surface area contributed by atoms with Gasteiger partial charge in [-0.3, -0.25) is 0 Å². The van der Waals surface area contributed by atoms with Crippen LogP contribution in [0, 0.1) is 5.92 Å². The number of nitrogens with zero attached hydrogens (tertiary/aromatic N) is 1. The third kappa shape index (κ3) is 3.02. The zero-order chi connectivity index (χ0) is 13.2. The maximum Gasteiger partial charge on any atom is 0.443 e. The van der Waals surface area contributed by atoms with E-state index in [1.807, 2.05) is 0 Å². The van der Waals surface area contributed by atoms with E-state index in [-0.39, 0.29) is 6.04 Å². The Morgan fingerprint density at radius 3 is 2.61 bits per heavy atom. The van der Waals surface area contributed by atoms with Gasteiger partial charge in [0.2, 0.25) is 0 Å². The highest BCUT2D eigenvalue weighted by molar-refractivity contribution is 7.11. The lowest BCUT2D eigenvalue weighted by molar-refractivity contribution is -0.137. The third-order valence-electron chi connectivity index (χ3n) is 3.12. The molecule has 1 N–H and O–H groups in total. The van der Waals surface area contributed by atoms with Crippen LogP contribution in [-0.4, -0.2) is 25.2 Å². The molecule has 1 aliphatic rings. The van der Waals surface area contributed by atoms with Crippen molar-refractivity contribution in [1.29, 1.82) is 0 Å². The van der Waals surface area contributed by atoms with Crippen LogP contribution in [0.2, 0.25) is 0 Å². The molecule has 2 rings (SSSR count). The number of thiazole rings is 1. The van der Waals surface area contributed by atoms with E-state index < -0.39 is 11.2 Å². The van der Waals surface area contributed by atoms with Gasteiger partial charge in [0.05, 0.1) is 0 Å². The van der Waals surface area contributed by atoms with E-state index in [4.69, 9.17) is 4.74 Å². The maximum absolute atomic E-state index is 12.5. The SMILES string of the molecule is CNC(c1cnc(C(F)(F)F)s1)C1CCOCC1. The topological polar surface area (TPSA) is 34.2 Å². The van der Waals surface area contributed by atoms with E-state index in [1.54, 1.807) is 7.05 Å². The van der Waals surface area contributed by atoms with E-state index in [2.05, 4.69) is 10.3 Å². The summed E-state index contributed by atoms with van der Waals surface area (Å²) in [5.74, 6) is 0.310. The van der Waals surface area contributed by atoms with Gasteiger partial charge in [-0.05, 0) is 25.8 Å². The molecule has 1 fully saturated rings. The second-order valence-corrected chi connectivity index (χ2v) is 5.34. The summed E-state index contributed by atoms with van der Waals surface area (Å²) in [6, 6.07) is -0.0671. The first kappa shape index (κ1) is 13.8. The Balaban J connectivity index is 2.14. The number of aromatic nitrogens is 1. The van der Waals surface area contributed by atoms with Gasteiger partial charge in [-0.25, -0.2) is 4.98 Å². The molecule has 0 aromatic carbocycles. The number of rotatable bonds is 3. The molecule has 1 atom stereocenters. The Kier molecular flexibility index (Phi) is 4.24. The van der Waals surface area contributed by atoms with Crippen LogP contribution in [0.5, 0.6) is 0 Å². The fourth-order valence-corrected chi connectivity index (χ4v) is 3.21. The first-order chi connectivity index (χ1) is 8.52. The van der Waals surface area contributed by atoms with Gasteiger partial charge in [-0.2, -0.15) is 13.2 Å². The summed E-state index contributed by atoms with van der Waals surface area (Å²) < 4.78 is 42.8. The Morgan fingerprint density at radius 1 is 1.44 bits per heavy atom. The van der Waals surface area contributed by atoms with Crippen LogP contribution in [0.1, 0.15) is 28.8 Å². The minimum absolute atomic E-state index is 0.0671. The average molecular weight is 280 g/mol. The standard InChI is InChI=1S/C11H15F3N2OS/c1-15-9(7-2-4-17-5-3-7)8-6-16-10(18-8)11(12,13)14/h6-7,9,15H,2-5H2,1H3. The summed E-state index contributed by atoms with van der Waals surface area (Å²) in [7, 11) is 1.77. The van der Waals surface area contributed by atoms with Gasteiger partial charge >= 0.3 is 6.18 Å². The maximum atomic E-state index is 12.5. The number of alkyl halides is 3. The van der Waals surface area contributed by atoms with Crippen molar-refractivity contribution >= 4 is 11.3 Å². The largest absolute Gasteiger partial charge is 0.443 e. The minimum Gasteiger partial charge on any atom is -0.381 e. The molecule has 102 valence electrons. The molecule has 0 radical (unpaired) electrons. The van der Waals surface area contributed by atoms with Crippen LogP contribution in [-0.2, 0) is 10.9 Å². The van der Waals surface area contributed by atoms with Crippen LogP contribution in [0.15, 0.2) is 6.20 Å². The van der Waals surface area contributed by atoms with Gasteiger partial charge in [0.25, 0.3) is 0 Å². The minimum atomic E-state index is -4.35. The molecule has 1 unspecified atom stereocenters. The fourth-order valence-electron chi connectivity index (χ4n) is 2.22. The van der Waals surface area contributed by atoms with Gasteiger partial charge in [-0.15, -0.1) is 11.3 Å². The smallest absolute Gasteiger partial charge is 0.381 e. The third-order valence-corrected chi connectivity index (χ3v) is 4.25. The summed E-state index contributed by atoms with van der Waals surface area (Å²) in [4.78, 5) is 4.12. The molecule has 1 aromatic heterocycles. The molecule has 0 bridgehead atoms. The van der Waals surface area contributed by atoms with Crippen molar-refractivity contribution in [2.75, 3.05) is 20.3 Å². The van der Waals surface area contributed by atoms with E-state index >= 15 is 0 Å². The van der Waals surface area contributed by atoms with Gasteiger partial charge in [-0.1, -0.05) is 0 Å². The highest BCUT2D eigenvalue weighted by Crippen LogP contribution is 2.37. The molecule has 0 saturated carbocycles. The molecule has 7 heteroatoms. The van der Waals surface area contributed by atoms with Crippen LogP contribution in [0.25, 0.3) is 0 Å². The highest BCUT2D eigenvalue weighted by Gasteiger charge is 2.36. The average Bonchev–Trinajstić information content (AvgIpc) is 2.81. The van der Waals surface area contributed by atoms with Gasteiger partial charge in [0, 0.05) is 30.3 Å². The molecule has 0 amide bonds. The van der Waals surface area contributed by atoms with Crippen molar-refractivity contribution in [2.45, 2.75) is 25.1 Å². The molecule has 18 heavy (non-hydrogen) atoms. The number of hydrogen-bond donors (Lipinski definition) is 1. The Labute approximate surface area is 107 Å². The summed E-state index contributed by atoms with van der Waals surface area (Å²) in [6.45, 7) is 1.35. The zero-order valence-corrected chi connectivity index (χ0v) is 10.8. The number of nitrogens with one attached hydrogen (secondary N) is 1. The lowest BCUT2D eigenvalue weighted by Crippen LogP contribution is -2.29. The van der Waals surface area contributed by atoms with Crippen LogP contribution in [0.3, 0.4) is 0 Å². The van der Waals surface area contributed by atoms with E-state index in [0.717, 1.165) is 24.2 Å². The second-order valence-electron chi connectivity index (χ2n) is 4.28. The lowest BCUT2D eigenvalue weighted by atomic mass is 9.91. The van der Waals surface area contributed by atoms with E-state index in [0.29, 0.717) is 24.0 Å². The van der Waals surface area contributed by atoms with E-state index in [9.17, 15) is 13.2 Å². The normalized spacial score (nSPS) is 20.0. The van der Waals surface area contributed by atoms with Crippen LogP contribution >= 0.6 is 11.3 Å². The van der Waals surface area contributed by atoms with Gasteiger partial charge < -0.3 is 10.1 Å². The molecular weight excluding hydrogens is 265 g/mol. The Bertz CT molecular complexity index is 388. The molecule has 1 aromatic rings. The lowest BCUT2D eigenvalue weighted by Gasteiger charge is -2.29. The molecule has 0 spiro atoms. The fraction of sp³-hybridized carbons (Fsp3) is 0.727. The van der Waals surface area contributed by atoms with Crippen molar-refractivity contribution in [1.82, 2.24) is 10.3 Å². The molecule has 2 heterocycles. The monoisotopic (exact) mass is 280 g/mol. The van der Waals surface area contributed by atoms with Crippen LogP contribution < -0.4 is 5.32 Å². The Hall–Kier alpha value is -0.660. The summed E-state index contributed by atoms with van der Waals surface area (Å²) >= 11 is 0.727. The summed E-state index contributed by atoms with van der Waals surface area (Å²) in [5, 5.41) is 2.33. The summed E-state index contributed by atoms with van der Waals surface area (Å²) in [6.07, 6.45) is -1.28. The molecule has 3 nitrogen and oxygen atoms in total. The number of ether oxygens (including phenoxy) is 1. The Morgan fingerprint density at radius 2 is 2.11 bits per heavy atom. The highest BCUT2D eigenvalue weighted by atomic mass is 32.1. The number of halogens is 3. The summed E-state index contributed by atoms with van der Waals surface area (Å²) in [5.41, 5.74) is 0. The predicted octanol–water partition coefficient (Wildman–Crippen LogP) is 2.85. The van der Waals surface area contributed by atoms with Gasteiger partial charge in [0.1, 0.15) is 0 Å². The zero-order valence-electron chi connectivity index (χ0n) is 9.96. The van der Waals surface area contributed by atoms with Crippen molar-refractivity contribution in [3.63, 3.8) is 0 Å². The molecule has 0 aliphatic carbocycles. The molecule has 1 saturated heterocycles. The van der Waals surface area contributed by atoms with Gasteiger partial charge in [0.15, 0.2) is 5.01 Å². The number of hydrogen-bond acceptors (Lipinski definition) is 4. The molecular formula is C11H15F3N2OS. The molecule has 1 aliphatic heterocycles. The van der Waals surface area contributed by atoms with E-state index in [1.165, 1.54) is 6.20 Å². The first-order valence-electron chi connectivity index (χ1n) is 5.80. The van der Waals surface area contributed by atoms with Crippen molar-refractivity contribution in [3.8, 4) is 0 Å². The first-order valence-corrected chi connectivity index (χ1v) is 6.62. The van der Waals surface area contributed by atoms with Crippen molar-refractivity contribution < 1.29 is 17.9 Å². The quantitative estimate of drug-likeness (QED) is 0.924. The second kappa shape index (κ2) is 5.54. The predicted molar refractivity (Wildman–Crippen MR) is 62.5 cm³/mol. The van der Waals surface area contributed by atoms with Crippen molar-refractivity contribution in [3.05, 3.63) is 16.1 Å².